The van der Waals surface area contributed by atoms with Gasteiger partial charge in [-0.1, -0.05) is 276 Å². The molecule has 0 fully saturated rings. The fourth-order valence-electron chi connectivity index (χ4n) is 8.88. The Morgan fingerprint density at radius 1 is 0.259 bits per heavy atom. The van der Waals surface area contributed by atoms with Gasteiger partial charge in [-0.15, -0.1) is 0 Å². The van der Waals surface area contributed by atoms with Crippen molar-refractivity contribution >= 4 is 17.9 Å². The molecule has 0 heterocycles. The molecule has 0 aliphatic rings. The average molecular weight is 1120 g/mol. The van der Waals surface area contributed by atoms with E-state index in [0.29, 0.717) is 12.8 Å². The van der Waals surface area contributed by atoms with Crippen LogP contribution in [0.15, 0.2) is 146 Å². The Labute approximate surface area is 499 Å². The molecule has 0 saturated carbocycles. The minimum atomic E-state index is -0.813. The Morgan fingerprint density at radius 3 is 0.765 bits per heavy atom. The summed E-state index contributed by atoms with van der Waals surface area (Å²) in [4.78, 5) is 38.3. The van der Waals surface area contributed by atoms with Gasteiger partial charge in [-0.25, -0.2) is 0 Å². The van der Waals surface area contributed by atoms with Crippen LogP contribution in [0.5, 0.6) is 0 Å². The quantitative estimate of drug-likeness (QED) is 0.0261. The molecular weight excluding hydrogens is 997 g/mol. The minimum Gasteiger partial charge on any atom is -0.462 e. The molecule has 0 aromatic heterocycles. The molecule has 0 aliphatic carbocycles. The second-order valence-electron chi connectivity index (χ2n) is 21.6. The Hall–Kier alpha value is -4.71. The Morgan fingerprint density at radius 2 is 0.481 bits per heavy atom. The van der Waals surface area contributed by atoms with Gasteiger partial charge in [0.2, 0.25) is 0 Å². The van der Waals surface area contributed by atoms with E-state index in [9.17, 15) is 14.4 Å². The normalized spacial score (nSPS) is 13.1. The SMILES string of the molecule is CC/C=C\C/C=C\C/C=C\C/C=C\C/C=C\C/C=C\CCCCCCC(=O)OC(COC(=O)CCCCC/C=C\C/C=C\C/C=C\CC)COC(=O)CCCCCCCCCCCCCC/C=C\C/C=C\C/C=C\CCCCCCC. The molecule has 0 aromatic carbocycles. The lowest BCUT2D eigenvalue weighted by atomic mass is 10.0. The van der Waals surface area contributed by atoms with Gasteiger partial charge in [-0.2, -0.15) is 0 Å². The Bertz CT molecular complexity index is 1760. The highest BCUT2D eigenvalue weighted by Gasteiger charge is 2.19. The van der Waals surface area contributed by atoms with E-state index in [2.05, 4.69) is 167 Å². The maximum absolute atomic E-state index is 12.9. The molecule has 1 atom stereocenters. The first kappa shape index (κ1) is 76.3. The first-order chi connectivity index (χ1) is 40.0. The standard InChI is InChI=1S/C75H122O6/c1-4-7-10-13-16-19-22-25-27-29-31-33-35-36-37-38-40-41-43-45-47-50-53-56-59-62-65-68-74(77)80-71-72(70-79-73(76)67-64-61-58-55-52-49-24-21-18-15-12-9-6-3)81-75(78)69-66-63-60-57-54-51-48-46-44-42-39-34-32-30-28-26-23-20-17-14-11-8-5-2/h8-9,11-12,17-18,20-22,25-26,28-29,31-32,34-36,42,44,48-49,51-52,72H,4-7,10,13-16,19,23-24,27,30,33,37-41,43,45-47,50,53-71H2,1-3H3/b11-8-,12-9-,20-17-,21-18-,25-22-,28-26-,31-29-,34-32-,36-35-,44-42-,51-48-,52-49-. The second-order valence-corrected chi connectivity index (χ2v) is 21.6. The second kappa shape index (κ2) is 67.8. The molecular formula is C75H122O6. The molecule has 0 saturated heterocycles. The van der Waals surface area contributed by atoms with Gasteiger partial charge < -0.3 is 14.2 Å². The fraction of sp³-hybridized carbons (Fsp3) is 0.640. The van der Waals surface area contributed by atoms with Gasteiger partial charge in [0.05, 0.1) is 0 Å². The number of ether oxygens (including phenoxy) is 3. The summed E-state index contributed by atoms with van der Waals surface area (Å²) in [5.74, 6) is -0.960. The van der Waals surface area contributed by atoms with Crippen molar-refractivity contribution in [3.63, 3.8) is 0 Å². The van der Waals surface area contributed by atoms with Crippen molar-refractivity contribution in [2.24, 2.45) is 0 Å². The van der Waals surface area contributed by atoms with E-state index >= 15 is 0 Å². The summed E-state index contributed by atoms with van der Waals surface area (Å²) in [5.41, 5.74) is 0. The van der Waals surface area contributed by atoms with E-state index in [0.717, 1.165) is 148 Å². The Balaban J connectivity index is 4.39. The molecule has 6 nitrogen and oxygen atoms in total. The van der Waals surface area contributed by atoms with Crippen LogP contribution in [0.2, 0.25) is 0 Å². The highest BCUT2D eigenvalue weighted by molar-refractivity contribution is 5.71. The molecule has 0 aromatic rings. The molecule has 0 N–H and O–H groups in total. The lowest BCUT2D eigenvalue weighted by Crippen LogP contribution is -2.30. The number of carbonyl (C=O) groups is 3. The number of rotatable bonds is 59. The predicted octanol–water partition coefficient (Wildman–Crippen LogP) is 23.1. The van der Waals surface area contributed by atoms with Crippen LogP contribution in [-0.2, 0) is 28.6 Å². The zero-order valence-electron chi connectivity index (χ0n) is 52.5. The van der Waals surface area contributed by atoms with E-state index in [1.165, 1.54) is 103 Å². The third kappa shape index (κ3) is 66.0. The van der Waals surface area contributed by atoms with Gasteiger partial charge in [0.15, 0.2) is 6.10 Å². The topological polar surface area (TPSA) is 78.9 Å². The van der Waals surface area contributed by atoms with Crippen LogP contribution < -0.4 is 0 Å². The number of hydrogen-bond donors (Lipinski definition) is 0. The monoisotopic (exact) mass is 1120 g/mol. The highest BCUT2D eigenvalue weighted by Crippen LogP contribution is 2.15. The molecule has 0 bridgehead atoms. The molecule has 0 radical (unpaired) electrons. The van der Waals surface area contributed by atoms with Crippen molar-refractivity contribution in [1.29, 1.82) is 0 Å². The predicted molar refractivity (Wildman–Crippen MR) is 352 cm³/mol. The summed E-state index contributed by atoms with van der Waals surface area (Å²) >= 11 is 0. The van der Waals surface area contributed by atoms with Crippen molar-refractivity contribution in [3.8, 4) is 0 Å². The number of hydrogen-bond acceptors (Lipinski definition) is 6. The molecule has 458 valence electrons. The van der Waals surface area contributed by atoms with Crippen molar-refractivity contribution in [3.05, 3.63) is 146 Å². The van der Waals surface area contributed by atoms with Crippen LogP contribution in [0, 0.1) is 0 Å². The van der Waals surface area contributed by atoms with E-state index in [1.807, 2.05) is 0 Å². The number of allylic oxidation sites excluding steroid dienone is 24. The first-order valence-corrected chi connectivity index (χ1v) is 33.3. The van der Waals surface area contributed by atoms with Crippen LogP contribution >= 0.6 is 0 Å². The summed E-state index contributed by atoms with van der Waals surface area (Å²) < 4.78 is 16.9. The van der Waals surface area contributed by atoms with Crippen LogP contribution in [0.1, 0.15) is 290 Å². The van der Waals surface area contributed by atoms with Crippen molar-refractivity contribution in [1.82, 2.24) is 0 Å². The van der Waals surface area contributed by atoms with Gasteiger partial charge in [0, 0.05) is 19.3 Å². The van der Waals surface area contributed by atoms with Crippen LogP contribution in [0.4, 0.5) is 0 Å². The summed E-state index contributed by atoms with van der Waals surface area (Å²) in [5, 5.41) is 0. The van der Waals surface area contributed by atoms with E-state index in [1.54, 1.807) is 0 Å². The zero-order chi connectivity index (χ0) is 58.5. The van der Waals surface area contributed by atoms with Crippen molar-refractivity contribution in [2.45, 2.75) is 297 Å². The lowest BCUT2D eigenvalue weighted by Gasteiger charge is -2.18. The number of carbonyl (C=O) groups excluding carboxylic acids is 3. The van der Waals surface area contributed by atoms with Gasteiger partial charge in [-0.3, -0.25) is 14.4 Å². The lowest BCUT2D eigenvalue weighted by molar-refractivity contribution is -0.167. The van der Waals surface area contributed by atoms with E-state index in [-0.39, 0.29) is 37.5 Å². The molecule has 0 rings (SSSR count). The first-order valence-electron chi connectivity index (χ1n) is 33.3. The highest BCUT2D eigenvalue weighted by atomic mass is 16.6. The van der Waals surface area contributed by atoms with Crippen LogP contribution in [-0.4, -0.2) is 37.2 Å². The Kier molecular flexibility index (Phi) is 63.9. The summed E-state index contributed by atoms with van der Waals surface area (Å²) in [6.45, 7) is 6.36. The van der Waals surface area contributed by atoms with Gasteiger partial charge in [0.25, 0.3) is 0 Å². The maximum atomic E-state index is 12.9. The summed E-state index contributed by atoms with van der Waals surface area (Å²) in [7, 11) is 0. The van der Waals surface area contributed by atoms with E-state index in [4.69, 9.17) is 14.2 Å². The summed E-state index contributed by atoms with van der Waals surface area (Å²) in [6.07, 6.45) is 97.2. The smallest absolute Gasteiger partial charge is 0.306 e. The van der Waals surface area contributed by atoms with Crippen LogP contribution in [0.25, 0.3) is 0 Å². The van der Waals surface area contributed by atoms with Crippen LogP contribution in [0.3, 0.4) is 0 Å². The molecule has 81 heavy (non-hydrogen) atoms. The summed E-state index contributed by atoms with van der Waals surface area (Å²) in [6, 6.07) is 0. The van der Waals surface area contributed by atoms with Gasteiger partial charge >= 0.3 is 17.9 Å². The number of unbranched alkanes of at least 4 members (excludes halogenated alkanes) is 24. The molecule has 0 amide bonds. The minimum absolute atomic E-state index is 0.104. The van der Waals surface area contributed by atoms with Gasteiger partial charge in [0.1, 0.15) is 13.2 Å². The zero-order valence-corrected chi connectivity index (χ0v) is 52.5. The number of esters is 3. The van der Waals surface area contributed by atoms with E-state index < -0.39 is 6.10 Å². The largest absolute Gasteiger partial charge is 0.462 e. The van der Waals surface area contributed by atoms with Crippen molar-refractivity contribution in [2.75, 3.05) is 13.2 Å². The third-order valence-electron chi connectivity index (χ3n) is 13.8. The van der Waals surface area contributed by atoms with Gasteiger partial charge in [-0.05, 0) is 141 Å². The molecule has 6 heteroatoms. The average Bonchev–Trinajstić information content (AvgIpc) is 3.46. The van der Waals surface area contributed by atoms with Crippen molar-refractivity contribution < 1.29 is 28.6 Å². The fourth-order valence-corrected chi connectivity index (χ4v) is 8.88. The maximum Gasteiger partial charge on any atom is 0.306 e. The molecule has 0 spiro atoms. The molecule has 1 unspecified atom stereocenters. The molecule has 0 aliphatic heterocycles. The third-order valence-corrected chi connectivity index (χ3v) is 13.8.